The Kier molecular flexibility index (Phi) is 4.31. The lowest BCUT2D eigenvalue weighted by atomic mass is 10.1. The van der Waals surface area contributed by atoms with E-state index in [1.807, 2.05) is 0 Å². The Morgan fingerprint density at radius 2 is 2.09 bits per heavy atom. The van der Waals surface area contributed by atoms with Crippen molar-refractivity contribution in [2.75, 3.05) is 20.2 Å². The van der Waals surface area contributed by atoms with Crippen LogP contribution in [0.1, 0.15) is 29.6 Å². The Morgan fingerprint density at radius 1 is 1.35 bits per heavy atom. The highest BCUT2D eigenvalue weighted by Crippen LogP contribution is 2.30. The van der Waals surface area contributed by atoms with E-state index in [0.29, 0.717) is 11.8 Å². The molecule has 1 heterocycles. The van der Waals surface area contributed by atoms with Crippen molar-refractivity contribution in [2.24, 2.45) is 5.14 Å². The summed E-state index contributed by atoms with van der Waals surface area (Å²) in [6.07, 6.45) is 3.38. The van der Waals surface area contributed by atoms with Crippen molar-refractivity contribution in [3.8, 4) is 5.75 Å². The average Bonchev–Trinajstić information content (AvgIpc) is 3.26. The van der Waals surface area contributed by atoms with Gasteiger partial charge in [0, 0.05) is 25.2 Å². The molecular formula is C15H21N3O4S. The molecule has 1 aromatic carbocycles. The minimum absolute atomic E-state index is 0.0749. The van der Waals surface area contributed by atoms with E-state index in [-0.39, 0.29) is 22.4 Å². The number of nitrogens with two attached hydrogens (primary N) is 1. The van der Waals surface area contributed by atoms with Crippen molar-refractivity contribution in [1.29, 1.82) is 0 Å². The van der Waals surface area contributed by atoms with Crippen molar-refractivity contribution in [3.63, 3.8) is 0 Å². The van der Waals surface area contributed by atoms with Gasteiger partial charge in [0.2, 0.25) is 10.0 Å². The number of rotatable bonds is 5. The van der Waals surface area contributed by atoms with Crippen molar-refractivity contribution >= 4 is 15.9 Å². The predicted molar refractivity (Wildman–Crippen MR) is 84.8 cm³/mol. The number of carbonyl (C=O) groups is 1. The molecule has 0 bridgehead atoms. The molecular weight excluding hydrogens is 318 g/mol. The number of primary sulfonamides is 1. The number of ether oxygens (including phenoxy) is 1. The van der Waals surface area contributed by atoms with Crippen LogP contribution in [-0.4, -0.2) is 51.5 Å². The second-order valence-electron chi connectivity index (χ2n) is 6.09. The van der Waals surface area contributed by atoms with E-state index in [9.17, 15) is 13.2 Å². The van der Waals surface area contributed by atoms with Gasteiger partial charge in [-0.05, 0) is 37.5 Å². The lowest BCUT2D eigenvalue weighted by molar-refractivity contribution is 0.0934. The number of nitrogens with one attached hydrogen (secondary N) is 1. The molecule has 3 N–H and O–H groups in total. The Hall–Kier alpha value is -1.64. The van der Waals surface area contributed by atoms with Crippen LogP contribution >= 0.6 is 0 Å². The summed E-state index contributed by atoms with van der Waals surface area (Å²) in [6.45, 7) is 1.83. The quantitative estimate of drug-likeness (QED) is 0.804. The summed E-state index contributed by atoms with van der Waals surface area (Å²) in [7, 11) is -2.43. The molecule has 23 heavy (non-hydrogen) atoms. The zero-order chi connectivity index (χ0) is 16.6. The second kappa shape index (κ2) is 6.10. The summed E-state index contributed by atoms with van der Waals surface area (Å²) >= 11 is 0. The molecule has 7 nitrogen and oxygen atoms in total. The van der Waals surface area contributed by atoms with Crippen LogP contribution in [0, 0.1) is 0 Å². The molecule has 0 radical (unpaired) electrons. The number of benzene rings is 1. The van der Waals surface area contributed by atoms with Gasteiger partial charge >= 0.3 is 0 Å². The number of carbonyl (C=O) groups excluding carboxylic acids is 1. The Labute approximate surface area is 135 Å². The first-order chi connectivity index (χ1) is 10.9. The summed E-state index contributed by atoms with van der Waals surface area (Å²) in [5.74, 6) is -0.0121. The molecule has 1 aromatic rings. The van der Waals surface area contributed by atoms with Crippen LogP contribution in [0.2, 0.25) is 0 Å². The normalized spacial score (nSPS) is 22.1. The molecule has 0 aromatic heterocycles. The molecule has 1 amide bonds. The molecule has 1 aliphatic heterocycles. The lowest BCUT2D eigenvalue weighted by Crippen LogP contribution is -2.37. The smallest absolute Gasteiger partial charge is 0.255 e. The van der Waals surface area contributed by atoms with E-state index < -0.39 is 10.0 Å². The van der Waals surface area contributed by atoms with Crippen molar-refractivity contribution in [1.82, 2.24) is 10.2 Å². The van der Waals surface area contributed by atoms with Crippen LogP contribution in [0.5, 0.6) is 5.75 Å². The van der Waals surface area contributed by atoms with Crippen LogP contribution in [0.4, 0.5) is 0 Å². The van der Waals surface area contributed by atoms with Gasteiger partial charge in [-0.25, -0.2) is 13.6 Å². The third kappa shape index (κ3) is 3.65. The summed E-state index contributed by atoms with van der Waals surface area (Å²) in [6, 6.07) is 4.79. The fourth-order valence-electron chi connectivity index (χ4n) is 2.98. The molecule has 2 aliphatic rings. The number of likely N-dealkylation sites (tertiary alicyclic amines) is 1. The van der Waals surface area contributed by atoms with Gasteiger partial charge in [-0.3, -0.25) is 9.69 Å². The van der Waals surface area contributed by atoms with E-state index in [2.05, 4.69) is 10.2 Å². The maximum atomic E-state index is 12.5. The number of hydrogen-bond acceptors (Lipinski definition) is 5. The Bertz CT molecular complexity index is 715. The fourth-order valence-corrected chi connectivity index (χ4v) is 3.52. The highest BCUT2D eigenvalue weighted by atomic mass is 32.2. The molecule has 0 unspecified atom stereocenters. The topological polar surface area (TPSA) is 102 Å². The first kappa shape index (κ1) is 16.2. The third-order valence-electron chi connectivity index (χ3n) is 4.36. The summed E-state index contributed by atoms with van der Waals surface area (Å²) in [5, 5.41) is 8.10. The number of amides is 1. The number of sulfonamides is 1. The van der Waals surface area contributed by atoms with Gasteiger partial charge in [-0.1, -0.05) is 0 Å². The van der Waals surface area contributed by atoms with Gasteiger partial charge in [0.15, 0.2) is 0 Å². The summed E-state index contributed by atoms with van der Waals surface area (Å²) in [5.41, 5.74) is 0.184. The minimum Gasteiger partial charge on any atom is -0.496 e. The molecule has 2 fully saturated rings. The summed E-state index contributed by atoms with van der Waals surface area (Å²) < 4.78 is 28.1. The van der Waals surface area contributed by atoms with Crippen molar-refractivity contribution in [2.45, 2.75) is 36.2 Å². The Balaban J connectivity index is 1.75. The third-order valence-corrected chi connectivity index (χ3v) is 5.27. The molecule has 8 heteroatoms. The number of hydrogen-bond donors (Lipinski definition) is 2. The van der Waals surface area contributed by atoms with Gasteiger partial charge < -0.3 is 10.1 Å². The lowest BCUT2D eigenvalue weighted by Gasteiger charge is -2.17. The van der Waals surface area contributed by atoms with Crippen LogP contribution in [0.3, 0.4) is 0 Å². The summed E-state index contributed by atoms with van der Waals surface area (Å²) in [4.78, 5) is 14.8. The van der Waals surface area contributed by atoms with Crippen molar-refractivity contribution < 1.29 is 17.9 Å². The number of nitrogens with zero attached hydrogens (tertiary/aromatic N) is 1. The van der Waals surface area contributed by atoms with E-state index in [1.54, 1.807) is 0 Å². The minimum atomic E-state index is -3.87. The van der Waals surface area contributed by atoms with E-state index in [0.717, 1.165) is 19.5 Å². The number of methoxy groups -OCH3 is 1. The SMILES string of the molecule is COc1ccc(S(N)(=O)=O)cc1C(=O)N[C@H]1CCN(C2CC2)C1. The largest absolute Gasteiger partial charge is 0.496 e. The standard InChI is InChI=1S/C15H21N3O4S/c1-22-14-5-4-12(23(16,20)21)8-13(14)15(19)17-10-6-7-18(9-10)11-2-3-11/h4-5,8,10-11H,2-3,6-7,9H2,1H3,(H,17,19)(H2,16,20,21)/t10-/m0/s1. The van der Waals surface area contributed by atoms with Gasteiger partial charge in [0.1, 0.15) is 5.75 Å². The highest BCUT2D eigenvalue weighted by Gasteiger charge is 2.35. The van der Waals surface area contributed by atoms with Gasteiger partial charge in [0.05, 0.1) is 17.6 Å². The zero-order valence-electron chi connectivity index (χ0n) is 13.0. The Morgan fingerprint density at radius 3 is 2.70 bits per heavy atom. The van der Waals surface area contributed by atoms with E-state index >= 15 is 0 Å². The average molecular weight is 339 g/mol. The first-order valence-electron chi connectivity index (χ1n) is 7.64. The van der Waals surface area contributed by atoms with Gasteiger partial charge in [-0.15, -0.1) is 0 Å². The zero-order valence-corrected chi connectivity index (χ0v) is 13.8. The van der Waals surface area contributed by atoms with Crippen LogP contribution in [-0.2, 0) is 10.0 Å². The maximum absolute atomic E-state index is 12.5. The van der Waals surface area contributed by atoms with Gasteiger partial charge in [-0.2, -0.15) is 0 Å². The molecule has 1 saturated carbocycles. The van der Waals surface area contributed by atoms with E-state index in [4.69, 9.17) is 9.88 Å². The molecule has 0 spiro atoms. The fraction of sp³-hybridized carbons (Fsp3) is 0.533. The van der Waals surface area contributed by atoms with Crippen LogP contribution in [0.25, 0.3) is 0 Å². The molecule has 3 rings (SSSR count). The maximum Gasteiger partial charge on any atom is 0.255 e. The van der Waals surface area contributed by atoms with Crippen LogP contribution in [0.15, 0.2) is 23.1 Å². The highest BCUT2D eigenvalue weighted by molar-refractivity contribution is 7.89. The molecule has 1 saturated heterocycles. The first-order valence-corrected chi connectivity index (χ1v) is 9.19. The second-order valence-corrected chi connectivity index (χ2v) is 7.65. The van der Waals surface area contributed by atoms with E-state index in [1.165, 1.54) is 38.2 Å². The van der Waals surface area contributed by atoms with Crippen molar-refractivity contribution in [3.05, 3.63) is 23.8 Å². The molecule has 1 aliphatic carbocycles. The molecule has 126 valence electrons. The monoisotopic (exact) mass is 339 g/mol. The van der Waals surface area contributed by atoms with Gasteiger partial charge in [0.25, 0.3) is 5.91 Å². The predicted octanol–water partition coefficient (Wildman–Crippen LogP) is 0.309. The van der Waals surface area contributed by atoms with Crippen LogP contribution < -0.4 is 15.2 Å². The molecule has 1 atom stereocenters.